The first-order valence-electron chi connectivity index (χ1n) is 4.91. The third kappa shape index (κ3) is 3.98. The Morgan fingerprint density at radius 1 is 1.53 bits per heavy atom. The predicted octanol–water partition coefficient (Wildman–Crippen LogP) is -0.402. The van der Waals surface area contributed by atoms with Crippen LogP contribution in [0.3, 0.4) is 0 Å². The summed E-state index contributed by atoms with van der Waals surface area (Å²) in [6.07, 6.45) is 0. The van der Waals surface area contributed by atoms with E-state index < -0.39 is 27.5 Å². The molecule has 0 atom stereocenters. The topological polar surface area (TPSA) is 142 Å². The lowest BCUT2D eigenvalue weighted by atomic mass is 10.2. The Bertz CT molecular complexity index is 612. The van der Waals surface area contributed by atoms with Crippen LogP contribution in [0.15, 0.2) is 23.1 Å². The van der Waals surface area contributed by atoms with E-state index in [9.17, 15) is 23.3 Å². The smallest absolute Gasteiger partial charge is 0.273 e. The molecule has 3 N–H and O–H groups in total. The summed E-state index contributed by atoms with van der Waals surface area (Å²) in [5.41, 5.74) is 4.74. The maximum atomic E-state index is 11.7. The van der Waals surface area contributed by atoms with Crippen LogP contribution in [-0.4, -0.2) is 25.9 Å². The molecule has 0 radical (unpaired) electrons. The lowest BCUT2D eigenvalue weighted by molar-refractivity contribution is -0.385. The van der Waals surface area contributed by atoms with Crippen molar-refractivity contribution in [3.05, 3.63) is 33.9 Å². The van der Waals surface area contributed by atoms with Crippen LogP contribution >= 0.6 is 0 Å². The number of sulfonamides is 1. The van der Waals surface area contributed by atoms with Gasteiger partial charge >= 0.3 is 0 Å². The molecular weight excluding hydrogens is 278 g/mol. The van der Waals surface area contributed by atoms with Gasteiger partial charge in [-0.05, 0) is 13.0 Å². The van der Waals surface area contributed by atoms with E-state index in [0.717, 1.165) is 6.07 Å². The Morgan fingerprint density at radius 3 is 2.68 bits per heavy atom. The number of nitrogens with two attached hydrogens (primary N) is 1. The van der Waals surface area contributed by atoms with Crippen molar-refractivity contribution in [1.82, 2.24) is 4.89 Å². The van der Waals surface area contributed by atoms with Gasteiger partial charge in [-0.1, -0.05) is 11.0 Å². The zero-order valence-corrected chi connectivity index (χ0v) is 10.6. The number of hydrogen-bond acceptors (Lipinski definition) is 6. The van der Waals surface area contributed by atoms with Crippen LogP contribution in [-0.2, 0) is 19.7 Å². The summed E-state index contributed by atoms with van der Waals surface area (Å²) < 4.78 is 23.4. The number of carbonyl (C=O) groups is 1. The zero-order chi connectivity index (χ0) is 14.6. The van der Waals surface area contributed by atoms with Gasteiger partial charge in [0.25, 0.3) is 15.7 Å². The van der Waals surface area contributed by atoms with Crippen LogP contribution in [0.1, 0.15) is 5.56 Å². The molecule has 0 aliphatic rings. The van der Waals surface area contributed by atoms with Crippen LogP contribution in [0.25, 0.3) is 0 Å². The molecule has 0 aliphatic heterocycles. The average Bonchev–Trinajstić information content (AvgIpc) is 2.27. The minimum absolute atomic E-state index is 0.321. The van der Waals surface area contributed by atoms with Gasteiger partial charge in [0.2, 0.25) is 5.91 Å². The van der Waals surface area contributed by atoms with Crippen molar-refractivity contribution in [3.63, 3.8) is 0 Å². The van der Waals surface area contributed by atoms with E-state index in [4.69, 9.17) is 5.73 Å². The first-order valence-corrected chi connectivity index (χ1v) is 6.39. The minimum atomic E-state index is -4.11. The first-order chi connectivity index (χ1) is 8.74. The van der Waals surface area contributed by atoms with Gasteiger partial charge in [0, 0.05) is 11.6 Å². The molecule has 0 fully saturated rings. The summed E-state index contributed by atoms with van der Waals surface area (Å²) >= 11 is 0. The largest absolute Gasteiger partial charge is 0.368 e. The number of nitro groups is 1. The highest BCUT2D eigenvalue weighted by atomic mass is 32.2. The molecule has 1 aromatic rings. The third-order valence-electron chi connectivity index (χ3n) is 2.07. The molecule has 0 heterocycles. The van der Waals surface area contributed by atoms with Gasteiger partial charge < -0.3 is 5.73 Å². The van der Waals surface area contributed by atoms with Crippen molar-refractivity contribution >= 4 is 21.6 Å². The highest BCUT2D eigenvalue weighted by Gasteiger charge is 2.20. The van der Waals surface area contributed by atoms with E-state index in [1.54, 1.807) is 4.89 Å². The van der Waals surface area contributed by atoms with Crippen molar-refractivity contribution in [2.24, 2.45) is 5.73 Å². The molecule has 0 aliphatic carbocycles. The molecule has 0 spiro atoms. The second-order valence-electron chi connectivity index (χ2n) is 3.55. The third-order valence-corrected chi connectivity index (χ3v) is 3.28. The molecule has 10 heteroatoms. The minimum Gasteiger partial charge on any atom is -0.368 e. The second-order valence-corrected chi connectivity index (χ2v) is 5.19. The Morgan fingerprint density at radius 2 is 2.16 bits per heavy atom. The van der Waals surface area contributed by atoms with E-state index in [-0.39, 0.29) is 10.6 Å². The first kappa shape index (κ1) is 15.0. The van der Waals surface area contributed by atoms with Gasteiger partial charge in [0.15, 0.2) is 0 Å². The van der Waals surface area contributed by atoms with Gasteiger partial charge in [0.1, 0.15) is 6.61 Å². The molecule has 0 unspecified atom stereocenters. The van der Waals surface area contributed by atoms with Crippen molar-refractivity contribution in [1.29, 1.82) is 0 Å². The van der Waals surface area contributed by atoms with Gasteiger partial charge in [-0.15, -0.1) is 0 Å². The molecule has 0 saturated carbocycles. The number of primary amides is 1. The molecular formula is C9H11N3O6S. The molecule has 0 aromatic heterocycles. The lowest BCUT2D eigenvalue weighted by Crippen LogP contribution is -2.29. The Kier molecular flexibility index (Phi) is 4.53. The molecule has 0 bridgehead atoms. The number of nitrogens with zero attached hydrogens (tertiary/aromatic N) is 1. The van der Waals surface area contributed by atoms with Crippen LogP contribution < -0.4 is 10.6 Å². The lowest BCUT2D eigenvalue weighted by Gasteiger charge is -2.06. The van der Waals surface area contributed by atoms with Gasteiger partial charge in [-0.25, -0.2) is 8.42 Å². The summed E-state index contributed by atoms with van der Waals surface area (Å²) in [4.78, 5) is 26.0. The number of nitrogens with one attached hydrogen (secondary N) is 1. The highest BCUT2D eigenvalue weighted by molar-refractivity contribution is 7.89. The standard InChI is InChI=1S/C9H11N3O6S/c1-6-2-3-7(4-8(6)12(14)15)19(16,17)11-18-5-9(10)13/h2-4,11H,5H2,1H3,(H2,10,13). The monoisotopic (exact) mass is 289 g/mol. The van der Waals surface area contributed by atoms with E-state index in [1.165, 1.54) is 19.1 Å². The maximum Gasteiger partial charge on any atom is 0.273 e. The van der Waals surface area contributed by atoms with Crippen LogP contribution in [0.4, 0.5) is 5.69 Å². The Hall–Kier alpha value is -2.04. The van der Waals surface area contributed by atoms with E-state index in [2.05, 4.69) is 4.84 Å². The summed E-state index contributed by atoms with van der Waals surface area (Å²) in [6.45, 7) is 0.832. The molecule has 19 heavy (non-hydrogen) atoms. The fraction of sp³-hybridized carbons (Fsp3) is 0.222. The highest BCUT2D eigenvalue weighted by Crippen LogP contribution is 2.21. The van der Waals surface area contributed by atoms with Crippen molar-refractivity contribution < 1.29 is 23.0 Å². The van der Waals surface area contributed by atoms with E-state index in [0.29, 0.717) is 5.56 Å². The van der Waals surface area contributed by atoms with Gasteiger partial charge in [0.05, 0.1) is 9.82 Å². The fourth-order valence-corrected chi connectivity index (χ4v) is 2.00. The molecule has 0 saturated heterocycles. The molecule has 104 valence electrons. The average molecular weight is 289 g/mol. The number of carbonyl (C=O) groups excluding carboxylic acids is 1. The zero-order valence-electron chi connectivity index (χ0n) is 9.82. The number of rotatable bonds is 6. The van der Waals surface area contributed by atoms with Gasteiger partial charge in [-0.3, -0.25) is 19.7 Å². The van der Waals surface area contributed by atoms with E-state index >= 15 is 0 Å². The van der Waals surface area contributed by atoms with Crippen molar-refractivity contribution in [3.8, 4) is 0 Å². The predicted molar refractivity (Wildman–Crippen MR) is 63.3 cm³/mol. The number of aryl methyl sites for hydroxylation is 1. The van der Waals surface area contributed by atoms with Crippen LogP contribution in [0.2, 0.25) is 0 Å². The number of nitro benzene ring substituents is 1. The van der Waals surface area contributed by atoms with Crippen molar-refractivity contribution in [2.45, 2.75) is 11.8 Å². The van der Waals surface area contributed by atoms with Crippen molar-refractivity contribution in [2.75, 3.05) is 6.61 Å². The maximum absolute atomic E-state index is 11.7. The number of benzene rings is 1. The summed E-state index contributed by atoms with van der Waals surface area (Å²) in [7, 11) is -4.11. The quantitative estimate of drug-likeness (QED) is 0.539. The molecule has 1 amide bonds. The summed E-state index contributed by atoms with van der Waals surface area (Å²) in [5, 5.41) is 10.7. The van der Waals surface area contributed by atoms with Crippen LogP contribution in [0, 0.1) is 17.0 Å². The summed E-state index contributed by atoms with van der Waals surface area (Å²) in [5.74, 6) is -0.863. The summed E-state index contributed by atoms with van der Waals surface area (Å²) in [6, 6.07) is 3.37. The fourth-order valence-electron chi connectivity index (χ4n) is 1.18. The normalized spacial score (nSPS) is 11.2. The van der Waals surface area contributed by atoms with E-state index in [1.807, 2.05) is 0 Å². The van der Waals surface area contributed by atoms with Crippen LogP contribution in [0.5, 0.6) is 0 Å². The number of amides is 1. The number of hydrogen-bond donors (Lipinski definition) is 2. The molecule has 1 rings (SSSR count). The molecule has 9 nitrogen and oxygen atoms in total. The molecule has 1 aromatic carbocycles. The van der Waals surface area contributed by atoms with Gasteiger partial charge in [-0.2, -0.15) is 0 Å². The SMILES string of the molecule is Cc1ccc(S(=O)(=O)NOCC(N)=O)cc1[N+](=O)[O-]. The second kappa shape index (κ2) is 5.73. The Balaban J connectivity index is 2.99. The Labute approximate surface area is 108 Å².